The zero-order valence-electron chi connectivity index (χ0n) is 15.2. The van der Waals surface area contributed by atoms with E-state index in [1.165, 1.54) is 36.3 Å². The van der Waals surface area contributed by atoms with E-state index in [0.29, 0.717) is 0 Å². The predicted octanol–water partition coefficient (Wildman–Crippen LogP) is 5.42. The fourth-order valence-electron chi connectivity index (χ4n) is 4.29. The summed E-state index contributed by atoms with van der Waals surface area (Å²) in [5, 5.41) is 3.13. The summed E-state index contributed by atoms with van der Waals surface area (Å²) >= 11 is 0. The predicted molar refractivity (Wildman–Crippen MR) is 112 cm³/mol. The van der Waals surface area contributed by atoms with Gasteiger partial charge in [0.05, 0.1) is 30.2 Å². The third kappa shape index (κ3) is 2.94. The van der Waals surface area contributed by atoms with Gasteiger partial charge in [0.1, 0.15) is 0 Å². The first-order valence-electron chi connectivity index (χ1n) is 9.27. The van der Waals surface area contributed by atoms with Gasteiger partial charge in [-0.05, 0) is 73.2 Å². The van der Waals surface area contributed by atoms with Gasteiger partial charge in [-0.25, -0.2) is 0 Å². The van der Waals surface area contributed by atoms with Crippen LogP contribution in [0, 0.1) is 13.8 Å². The Bertz CT molecular complexity index is 826. The lowest BCUT2D eigenvalue weighted by Gasteiger charge is -2.27. The minimum Gasteiger partial charge on any atom is -0.0620 e. The lowest BCUT2D eigenvalue weighted by atomic mass is 9.96. The maximum Gasteiger partial charge on any atom is 0.0995 e. The summed E-state index contributed by atoms with van der Waals surface area (Å²) in [6.07, 6.45) is 5.03. The molecule has 126 valence electrons. The van der Waals surface area contributed by atoms with Crippen LogP contribution in [0.3, 0.4) is 0 Å². The zero-order chi connectivity index (χ0) is 17.3. The van der Waals surface area contributed by atoms with Gasteiger partial charge in [-0.2, -0.15) is 0 Å². The minimum atomic E-state index is -1.42. The van der Waals surface area contributed by atoms with E-state index in [1.807, 2.05) is 0 Å². The Labute approximate surface area is 152 Å². The molecule has 0 spiro atoms. The Hall–Kier alpha value is -1.91. The first-order chi connectivity index (χ1) is 12.2. The standard InChI is InChI=1S/C24H26P/c1-19-15-16-21-10-9-17-25(18-24(21)20(19)2,22-11-5-3-6-12-22)23-13-7-4-8-14-23/h3-8,11-16H,9-10,17-18H2,1-2H3/q+1. The molecule has 0 saturated heterocycles. The highest BCUT2D eigenvalue weighted by Gasteiger charge is 2.44. The molecule has 0 amide bonds. The third-order valence-corrected chi connectivity index (χ3v) is 10.4. The van der Waals surface area contributed by atoms with Gasteiger partial charge in [0, 0.05) is 0 Å². The zero-order valence-corrected chi connectivity index (χ0v) is 16.1. The molecule has 4 rings (SSSR count). The topological polar surface area (TPSA) is 0 Å². The summed E-state index contributed by atoms with van der Waals surface area (Å²) in [7, 11) is -1.42. The fraction of sp³-hybridized carbons (Fsp3) is 0.250. The highest BCUT2D eigenvalue weighted by atomic mass is 31.2. The smallest absolute Gasteiger partial charge is 0.0620 e. The number of fused-ring (bicyclic) bond motifs is 1. The Balaban J connectivity index is 1.94. The molecule has 0 aromatic heterocycles. The maximum atomic E-state index is 2.38. The molecule has 0 unspecified atom stereocenters. The van der Waals surface area contributed by atoms with E-state index in [0.717, 1.165) is 0 Å². The molecule has 0 N–H and O–H groups in total. The number of hydrogen-bond donors (Lipinski definition) is 0. The van der Waals surface area contributed by atoms with Gasteiger partial charge < -0.3 is 0 Å². The lowest BCUT2D eigenvalue weighted by molar-refractivity contribution is 0.927. The molecule has 25 heavy (non-hydrogen) atoms. The SMILES string of the molecule is Cc1ccc2c(c1C)C[P+](c1ccccc1)(c1ccccc1)CCC2. The molecule has 0 radical (unpaired) electrons. The van der Waals surface area contributed by atoms with Gasteiger partial charge in [-0.15, -0.1) is 0 Å². The molecule has 0 saturated carbocycles. The van der Waals surface area contributed by atoms with Crippen molar-refractivity contribution >= 4 is 17.9 Å². The van der Waals surface area contributed by atoms with Crippen LogP contribution in [0.25, 0.3) is 0 Å². The molecule has 1 aliphatic heterocycles. The molecule has 0 nitrogen and oxygen atoms in total. The molecule has 0 atom stereocenters. The van der Waals surface area contributed by atoms with Crippen molar-refractivity contribution < 1.29 is 0 Å². The van der Waals surface area contributed by atoms with E-state index < -0.39 is 7.26 Å². The normalized spacial score (nSPS) is 16.1. The van der Waals surface area contributed by atoms with E-state index in [9.17, 15) is 0 Å². The second-order valence-corrected chi connectivity index (χ2v) is 11.0. The molecule has 1 heteroatoms. The summed E-state index contributed by atoms with van der Waals surface area (Å²) in [6.45, 7) is 4.58. The molecular weight excluding hydrogens is 319 g/mol. The number of hydrogen-bond acceptors (Lipinski definition) is 0. The van der Waals surface area contributed by atoms with Crippen LogP contribution in [0.4, 0.5) is 0 Å². The van der Waals surface area contributed by atoms with Crippen LogP contribution < -0.4 is 10.6 Å². The number of aryl methyl sites for hydroxylation is 2. The van der Waals surface area contributed by atoms with Crippen molar-refractivity contribution in [3.05, 3.63) is 95.1 Å². The van der Waals surface area contributed by atoms with Gasteiger partial charge in [-0.1, -0.05) is 48.5 Å². The minimum absolute atomic E-state index is 1.21. The molecule has 0 aliphatic carbocycles. The van der Waals surface area contributed by atoms with Crippen LogP contribution >= 0.6 is 7.26 Å². The van der Waals surface area contributed by atoms with Crippen LogP contribution in [-0.2, 0) is 12.6 Å². The van der Waals surface area contributed by atoms with Gasteiger partial charge in [0.2, 0.25) is 0 Å². The molecule has 0 fully saturated rings. The Kier molecular flexibility index (Phi) is 4.48. The summed E-state index contributed by atoms with van der Waals surface area (Å²) in [5.41, 5.74) is 6.14. The first kappa shape index (κ1) is 16.6. The maximum absolute atomic E-state index is 2.38. The van der Waals surface area contributed by atoms with Gasteiger partial charge >= 0.3 is 0 Å². The molecule has 1 heterocycles. The van der Waals surface area contributed by atoms with Crippen molar-refractivity contribution in [1.82, 2.24) is 0 Å². The van der Waals surface area contributed by atoms with Crippen molar-refractivity contribution in [3.63, 3.8) is 0 Å². The van der Waals surface area contributed by atoms with Gasteiger partial charge in [0.15, 0.2) is 0 Å². The Morgan fingerprint density at radius 2 is 1.32 bits per heavy atom. The van der Waals surface area contributed by atoms with E-state index in [-0.39, 0.29) is 0 Å². The van der Waals surface area contributed by atoms with Crippen LogP contribution in [0.15, 0.2) is 72.8 Å². The monoisotopic (exact) mass is 345 g/mol. The summed E-state index contributed by atoms with van der Waals surface area (Å²) in [5.74, 6) is 0. The van der Waals surface area contributed by atoms with E-state index in [4.69, 9.17) is 0 Å². The average molecular weight is 345 g/mol. The largest absolute Gasteiger partial charge is 0.0995 e. The lowest BCUT2D eigenvalue weighted by Crippen LogP contribution is -2.26. The van der Waals surface area contributed by atoms with E-state index >= 15 is 0 Å². The fourth-order valence-corrected chi connectivity index (χ4v) is 8.79. The Morgan fingerprint density at radius 1 is 0.720 bits per heavy atom. The van der Waals surface area contributed by atoms with Crippen molar-refractivity contribution in [2.24, 2.45) is 0 Å². The highest BCUT2D eigenvalue weighted by Crippen LogP contribution is 2.61. The van der Waals surface area contributed by atoms with Crippen molar-refractivity contribution in [2.45, 2.75) is 32.9 Å². The van der Waals surface area contributed by atoms with Crippen LogP contribution in [-0.4, -0.2) is 6.16 Å². The summed E-state index contributed by atoms with van der Waals surface area (Å²) in [6, 6.07) is 27.3. The number of benzene rings is 3. The first-order valence-corrected chi connectivity index (χ1v) is 11.4. The number of rotatable bonds is 2. The molecule has 3 aromatic carbocycles. The van der Waals surface area contributed by atoms with Crippen LogP contribution in [0.1, 0.15) is 28.7 Å². The van der Waals surface area contributed by atoms with Crippen molar-refractivity contribution in [1.29, 1.82) is 0 Å². The molecule has 1 aliphatic rings. The van der Waals surface area contributed by atoms with Crippen molar-refractivity contribution in [2.75, 3.05) is 6.16 Å². The highest BCUT2D eigenvalue weighted by molar-refractivity contribution is 7.88. The van der Waals surface area contributed by atoms with E-state index in [2.05, 4.69) is 86.6 Å². The van der Waals surface area contributed by atoms with Crippen molar-refractivity contribution in [3.8, 4) is 0 Å². The van der Waals surface area contributed by atoms with Crippen LogP contribution in [0.2, 0.25) is 0 Å². The van der Waals surface area contributed by atoms with Gasteiger partial charge in [-0.3, -0.25) is 0 Å². The molecule has 0 bridgehead atoms. The molecule has 3 aromatic rings. The van der Waals surface area contributed by atoms with Gasteiger partial charge in [0.25, 0.3) is 0 Å². The summed E-state index contributed by atoms with van der Waals surface area (Å²) < 4.78 is 0. The van der Waals surface area contributed by atoms with Crippen LogP contribution in [0.5, 0.6) is 0 Å². The Morgan fingerprint density at radius 3 is 1.92 bits per heavy atom. The summed E-state index contributed by atoms with van der Waals surface area (Å²) in [4.78, 5) is 0. The second kappa shape index (κ2) is 6.77. The van der Waals surface area contributed by atoms with E-state index in [1.54, 1.807) is 21.7 Å². The third-order valence-electron chi connectivity index (χ3n) is 5.88. The quantitative estimate of drug-likeness (QED) is 0.544. The average Bonchev–Trinajstić information content (AvgIpc) is 2.87. The second-order valence-electron chi connectivity index (χ2n) is 7.27. The molecular formula is C24H26P+.